The van der Waals surface area contributed by atoms with Crippen LogP contribution in [0.3, 0.4) is 0 Å². The lowest BCUT2D eigenvalue weighted by molar-refractivity contribution is 0.282. The quantitative estimate of drug-likeness (QED) is 0.686. The number of ether oxygens (including phenoxy) is 2. The normalized spacial score (nSPS) is 10.4. The molecule has 1 N–H and O–H groups in total. The third-order valence-corrected chi connectivity index (χ3v) is 3.07. The predicted molar refractivity (Wildman–Crippen MR) is 73.4 cm³/mol. The van der Waals surface area contributed by atoms with Crippen LogP contribution in [0.15, 0.2) is 18.2 Å². The van der Waals surface area contributed by atoms with Crippen molar-refractivity contribution in [3.63, 3.8) is 0 Å². The summed E-state index contributed by atoms with van der Waals surface area (Å²) in [6.45, 7) is 0.315. The molecule has 1 aromatic rings. The highest BCUT2D eigenvalue weighted by atomic mass is 16.5. The number of methoxy groups -OCH3 is 2. The van der Waals surface area contributed by atoms with E-state index >= 15 is 0 Å². The van der Waals surface area contributed by atoms with E-state index in [1.54, 1.807) is 14.2 Å². The third-order valence-electron chi connectivity index (χ3n) is 3.07. The van der Waals surface area contributed by atoms with Crippen LogP contribution < -0.4 is 9.47 Å². The van der Waals surface area contributed by atoms with Gasteiger partial charge in [0, 0.05) is 6.61 Å². The highest BCUT2D eigenvalue weighted by Crippen LogP contribution is 2.28. The predicted octanol–water partition coefficient (Wildman–Crippen LogP) is 3.19. The van der Waals surface area contributed by atoms with Gasteiger partial charge in [0.25, 0.3) is 0 Å². The van der Waals surface area contributed by atoms with Crippen LogP contribution in [0, 0.1) is 0 Å². The fourth-order valence-electron chi connectivity index (χ4n) is 2.01. The third kappa shape index (κ3) is 4.96. The van der Waals surface area contributed by atoms with E-state index in [0.717, 1.165) is 30.8 Å². The van der Waals surface area contributed by atoms with Gasteiger partial charge in [-0.05, 0) is 37.0 Å². The van der Waals surface area contributed by atoms with E-state index in [4.69, 9.17) is 14.6 Å². The highest BCUT2D eigenvalue weighted by molar-refractivity contribution is 5.42. The van der Waals surface area contributed by atoms with E-state index in [1.807, 2.05) is 12.1 Å². The number of rotatable bonds is 9. The summed E-state index contributed by atoms with van der Waals surface area (Å²) >= 11 is 0. The van der Waals surface area contributed by atoms with Gasteiger partial charge in [-0.3, -0.25) is 0 Å². The van der Waals surface area contributed by atoms with E-state index in [1.165, 1.54) is 24.8 Å². The average molecular weight is 252 g/mol. The smallest absolute Gasteiger partial charge is 0.160 e. The second-order valence-corrected chi connectivity index (χ2v) is 4.43. The molecule has 0 bridgehead atoms. The number of aliphatic hydroxyl groups is 1. The molecule has 0 aliphatic heterocycles. The number of unbranched alkanes of at least 4 members (excludes halogenated alkanes) is 4. The zero-order valence-electron chi connectivity index (χ0n) is 11.4. The second kappa shape index (κ2) is 8.81. The number of hydrogen-bond donors (Lipinski definition) is 1. The standard InChI is InChI=1S/C15H24O3/c1-17-14-10-9-13(12-15(14)18-2)8-6-4-3-5-7-11-16/h9-10,12,16H,3-8,11H2,1-2H3. The maximum Gasteiger partial charge on any atom is 0.160 e. The molecule has 0 radical (unpaired) electrons. The van der Waals surface area contributed by atoms with Gasteiger partial charge in [0.05, 0.1) is 14.2 Å². The molecule has 0 atom stereocenters. The van der Waals surface area contributed by atoms with Gasteiger partial charge >= 0.3 is 0 Å². The van der Waals surface area contributed by atoms with Crippen molar-refractivity contribution in [2.45, 2.75) is 38.5 Å². The topological polar surface area (TPSA) is 38.7 Å². The average Bonchev–Trinajstić information content (AvgIpc) is 2.42. The molecule has 0 fully saturated rings. The molecule has 0 aliphatic rings. The lowest BCUT2D eigenvalue weighted by Gasteiger charge is -2.09. The summed E-state index contributed by atoms with van der Waals surface area (Å²) < 4.78 is 10.5. The van der Waals surface area contributed by atoms with Crippen molar-refractivity contribution in [1.29, 1.82) is 0 Å². The Morgan fingerprint density at radius 3 is 2.22 bits per heavy atom. The summed E-state index contributed by atoms with van der Waals surface area (Å²) in [7, 11) is 3.31. The molecular formula is C15H24O3. The molecule has 3 heteroatoms. The van der Waals surface area contributed by atoms with Crippen LogP contribution in [0.4, 0.5) is 0 Å². The number of hydrogen-bond acceptors (Lipinski definition) is 3. The van der Waals surface area contributed by atoms with Gasteiger partial charge in [-0.25, -0.2) is 0 Å². The van der Waals surface area contributed by atoms with Crippen molar-refractivity contribution < 1.29 is 14.6 Å². The maximum absolute atomic E-state index is 8.68. The van der Waals surface area contributed by atoms with E-state index in [9.17, 15) is 0 Å². The first kappa shape index (κ1) is 14.8. The van der Waals surface area contributed by atoms with Crippen molar-refractivity contribution in [2.75, 3.05) is 20.8 Å². The summed E-state index contributed by atoms with van der Waals surface area (Å²) in [5.74, 6) is 1.58. The molecule has 3 nitrogen and oxygen atoms in total. The van der Waals surface area contributed by atoms with E-state index in [2.05, 4.69) is 6.07 Å². The first-order valence-corrected chi connectivity index (χ1v) is 6.63. The zero-order chi connectivity index (χ0) is 13.2. The summed E-state index contributed by atoms with van der Waals surface area (Å²) in [5, 5.41) is 8.68. The molecule has 18 heavy (non-hydrogen) atoms. The van der Waals surface area contributed by atoms with Crippen LogP contribution >= 0.6 is 0 Å². The minimum absolute atomic E-state index is 0.315. The fourth-order valence-corrected chi connectivity index (χ4v) is 2.01. The highest BCUT2D eigenvalue weighted by Gasteiger charge is 2.04. The molecular weight excluding hydrogens is 228 g/mol. The summed E-state index contributed by atoms with van der Waals surface area (Å²) in [4.78, 5) is 0. The maximum atomic E-state index is 8.68. The lowest BCUT2D eigenvalue weighted by atomic mass is 10.0. The summed E-state index contributed by atoms with van der Waals surface area (Å²) in [5.41, 5.74) is 1.29. The van der Waals surface area contributed by atoms with Crippen LogP contribution in [0.5, 0.6) is 11.5 Å². The minimum Gasteiger partial charge on any atom is -0.493 e. The van der Waals surface area contributed by atoms with Gasteiger partial charge in [-0.2, -0.15) is 0 Å². The van der Waals surface area contributed by atoms with Crippen molar-refractivity contribution in [3.8, 4) is 11.5 Å². The van der Waals surface area contributed by atoms with Gasteiger partial charge in [-0.15, -0.1) is 0 Å². The van der Waals surface area contributed by atoms with Gasteiger partial charge in [-0.1, -0.05) is 25.3 Å². The van der Waals surface area contributed by atoms with Crippen molar-refractivity contribution in [1.82, 2.24) is 0 Å². The van der Waals surface area contributed by atoms with E-state index in [0.29, 0.717) is 6.61 Å². The van der Waals surface area contributed by atoms with Crippen LogP contribution in [-0.2, 0) is 6.42 Å². The number of aliphatic hydroxyl groups excluding tert-OH is 1. The molecule has 0 spiro atoms. The van der Waals surface area contributed by atoms with E-state index in [-0.39, 0.29) is 0 Å². The van der Waals surface area contributed by atoms with Crippen molar-refractivity contribution in [2.24, 2.45) is 0 Å². The minimum atomic E-state index is 0.315. The Hall–Kier alpha value is -1.22. The molecule has 0 amide bonds. The first-order chi connectivity index (χ1) is 8.81. The first-order valence-electron chi connectivity index (χ1n) is 6.63. The Kier molecular flexibility index (Phi) is 7.26. The largest absolute Gasteiger partial charge is 0.493 e. The zero-order valence-corrected chi connectivity index (χ0v) is 11.4. The van der Waals surface area contributed by atoms with Crippen LogP contribution in [-0.4, -0.2) is 25.9 Å². The molecule has 0 aromatic heterocycles. The Morgan fingerprint density at radius 1 is 0.889 bits per heavy atom. The molecule has 0 unspecified atom stereocenters. The number of aryl methyl sites for hydroxylation is 1. The van der Waals surface area contributed by atoms with Crippen molar-refractivity contribution in [3.05, 3.63) is 23.8 Å². The molecule has 1 aromatic carbocycles. The number of benzene rings is 1. The molecule has 0 saturated heterocycles. The lowest BCUT2D eigenvalue weighted by Crippen LogP contribution is -1.93. The fraction of sp³-hybridized carbons (Fsp3) is 0.600. The molecule has 1 rings (SSSR count). The monoisotopic (exact) mass is 252 g/mol. The summed E-state index contributed by atoms with van der Waals surface area (Å²) in [6.07, 6.45) is 6.72. The second-order valence-electron chi connectivity index (χ2n) is 4.43. The summed E-state index contributed by atoms with van der Waals surface area (Å²) in [6, 6.07) is 6.10. The Labute approximate surface area is 110 Å². The molecule has 0 aliphatic carbocycles. The van der Waals surface area contributed by atoms with Crippen LogP contribution in [0.2, 0.25) is 0 Å². The van der Waals surface area contributed by atoms with Crippen molar-refractivity contribution >= 4 is 0 Å². The molecule has 0 saturated carbocycles. The van der Waals surface area contributed by atoms with Gasteiger partial charge in [0.1, 0.15) is 0 Å². The Bertz CT molecular complexity index is 337. The molecule has 0 heterocycles. The van der Waals surface area contributed by atoms with Crippen LogP contribution in [0.25, 0.3) is 0 Å². The van der Waals surface area contributed by atoms with Gasteiger partial charge < -0.3 is 14.6 Å². The Balaban J connectivity index is 2.34. The molecule has 102 valence electrons. The van der Waals surface area contributed by atoms with Gasteiger partial charge in [0.15, 0.2) is 11.5 Å². The SMILES string of the molecule is COc1ccc(CCCCCCCO)cc1OC. The van der Waals surface area contributed by atoms with Crippen LogP contribution in [0.1, 0.15) is 37.7 Å². The Morgan fingerprint density at radius 2 is 1.56 bits per heavy atom. The van der Waals surface area contributed by atoms with Gasteiger partial charge in [0.2, 0.25) is 0 Å². The van der Waals surface area contributed by atoms with E-state index < -0.39 is 0 Å².